The van der Waals surface area contributed by atoms with Gasteiger partial charge in [-0.15, -0.1) is 0 Å². The van der Waals surface area contributed by atoms with Gasteiger partial charge >= 0.3 is 6.09 Å². The summed E-state index contributed by atoms with van der Waals surface area (Å²) in [6.45, 7) is 8.32. The number of nitriles is 1. The Labute approximate surface area is 215 Å². The standard InChI is InChI=1S/C24H31N5O4S2/c1-5-7-8-9-29-22(31)19(35-24(29)34)14-17-16(3)18(15-25)21(30)26(4)20(17)27-10-12-28(13-11-27)23(32)33-6-2/h14H,5-13H2,1-4H3. The number of aromatic nitrogens is 1. The van der Waals surface area contributed by atoms with Crippen molar-refractivity contribution in [3.8, 4) is 6.07 Å². The van der Waals surface area contributed by atoms with E-state index in [1.54, 1.807) is 36.8 Å². The number of rotatable bonds is 7. The largest absolute Gasteiger partial charge is 0.450 e. The predicted octanol–water partition coefficient (Wildman–Crippen LogP) is 3.24. The van der Waals surface area contributed by atoms with E-state index in [4.69, 9.17) is 17.0 Å². The zero-order valence-corrected chi connectivity index (χ0v) is 22.3. The molecule has 3 heterocycles. The normalized spacial score (nSPS) is 17.3. The summed E-state index contributed by atoms with van der Waals surface area (Å²) in [5, 5.41) is 9.66. The molecule has 0 atom stereocenters. The number of pyridine rings is 1. The van der Waals surface area contributed by atoms with Gasteiger partial charge in [0.1, 0.15) is 21.8 Å². The third-order valence-corrected chi connectivity index (χ3v) is 7.59. The van der Waals surface area contributed by atoms with Crippen molar-refractivity contribution >= 4 is 52.2 Å². The smallest absolute Gasteiger partial charge is 0.409 e. The summed E-state index contributed by atoms with van der Waals surface area (Å²) in [4.78, 5) is 44.0. The van der Waals surface area contributed by atoms with Crippen LogP contribution in [0.5, 0.6) is 0 Å². The Morgan fingerprint density at radius 3 is 2.49 bits per heavy atom. The molecule has 0 N–H and O–H groups in total. The minimum atomic E-state index is -0.392. The van der Waals surface area contributed by atoms with E-state index in [1.807, 2.05) is 11.0 Å². The Morgan fingerprint density at radius 2 is 1.89 bits per heavy atom. The molecule has 0 aliphatic carbocycles. The number of anilines is 1. The van der Waals surface area contributed by atoms with Crippen LogP contribution in [0.3, 0.4) is 0 Å². The number of amides is 2. The summed E-state index contributed by atoms with van der Waals surface area (Å²) in [6, 6.07) is 2.02. The van der Waals surface area contributed by atoms with Crippen molar-refractivity contribution in [2.45, 2.75) is 40.0 Å². The second kappa shape index (κ2) is 11.7. The van der Waals surface area contributed by atoms with E-state index in [1.165, 1.54) is 16.3 Å². The molecule has 188 valence electrons. The first kappa shape index (κ1) is 26.8. The van der Waals surface area contributed by atoms with E-state index in [-0.39, 0.29) is 17.6 Å². The van der Waals surface area contributed by atoms with Crippen LogP contribution in [0.15, 0.2) is 9.70 Å². The molecular formula is C24H31N5O4S2. The highest BCUT2D eigenvalue weighted by molar-refractivity contribution is 8.26. The number of hydrogen-bond acceptors (Lipinski definition) is 8. The third-order valence-electron chi connectivity index (χ3n) is 6.21. The van der Waals surface area contributed by atoms with Gasteiger partial charge in [-0.2, -0.15) is 5.26 Å². The molecule has 11 heteroatoms. The van der Waals surface area contributed by atoms with Gasteiger partial charge in [-0.05, 0) is 31.9 Å². The number of carbonyl (C=O) groups is 2. The lowest BCUT2D eigenvalue weighted by molar-refractivity contribution is -0.122. The first-order chi connectivity index (χ1) is 16.7. The van der Waals surface area contributed by atoms with Gasteiger partial charge in [-0.3, -0.25) is 19.1 Å². The second-order valence-corrected chi connectivity index (χ2v) is 10.1. The van der Waals surface area contributed by atoms with E-state index >= 15 is 0 Å². The maximum atomic E-state index is 13.1. The Bertz CT molecular complexity index is 1150. The average molecular weight is 518 g/mol. The van der Waals surface area contributed by atoms with E-state index in [0.29, 0.717) is 65.5 Å². The molecule has 0 saturated carbocycles. The highest BCUT2D eigenvalue weighted by Crippen LogP contribution is 2.36. The molecular weight excluding hydrogens is 486 g/mol. The zero-order chi connectivity index (χ0) is 25.7. The molecule has 0 aromatic carbocycles. The van der Waals surface area contributed by atoms with Crippen LogP contribution < -0.4 is 10.5 Å². The average Bonchev–Trinajstić information content (AvgIpc) is 3.11. The summed E-state index contributed by atoms with van der Waals surface area (Å²) < 4.78 is 7.08. The first-order valence-corrected chi connectivity index (χ1v) is 13.0. The van der Waals surface area contributed by atoms with Crippen LogP contribution in [-0.4, -0.2) is 70.0 Å². The van der Waals surface area contributed by atoms with Crippen LogP contribution in [0.25, 0.3) is 6.08 Å². The quantitative estimate of drug-likeness (QED) is 0.309. The lowest BCUT2D eigenvalue weighted by Crippen LogP contribution is -2.50. The summed E-state index contributed by atoms with van der Waals surface area (Å²) in [5.41, 5.74) is 0.820. The van der Waals surface area contributed by atoms with Crippen LogP contribution in [0, 0.1) is 18.3 Å². The maximum Gasteiger partial charge on any atom is 0.409 e. The lowest BCUT2D eigenvalue weighted by atomic mass is 10.0. The molecule has 0 radical (unpaired) electrons. The van der Waals surface area contributed by atoms with E-state index in [2.05, 4.69) is 6.92 Å². The Balaban J connectivity index is 1.99. The van der Waals surface area contributed by atoms with Crippen LogP contribution >= 0.6 is 24.0 Å². The Kier molecular flexibility index (Phi) is 8.97. The maximum absolute atomic E-state index is 13.1. The molecule has 2 saturated heterocycles. The molecule has 1 aromatic rings. The van der Waals surface area contributed by atoms with Crippen LogP contribution in [0.4, 0.5) is 10.6 Å². The molecule has 35 heavy (non-hydrogen) atoms. The number of unbranched alkanes of at least 4 members (excludes halogenated alkanes) is 2. The van der Waals surface area contributed by atoms with Gasteiger partial charge in [0.05, 0.1) is 11.5 Å². The highest BCUT2D eigenvalue weighted by atomic mass is 32.2. The fourth-order valence-electron chi connectivity index (χ4n) is 4.25. The number of hydrogen-bond donors (Lipinski definition) is 0. The molecule has 2 aliphatic rings. The molecule has 2 amide bonds. The van der Waals surface area contributed by atoms with E-state index in [0.717, 1.165) is 19.3 Å². The molecule has 2 aliphatic heterocycles. The topological polar surface area (TPSA) is 98.9 Å². The first-order valence-electron chi connectivity index (χ1n) is 11.8. The SMILES string of the molecule is CCCCCN1C(=O)C(=Cc2c(C)c(C#N)c(=O)n(C)c2N2CCN(C(=O)OCC)CC2)SC1=S. The van der Waals surface area contributed by atoms with Gasteiger partial charge in [0.15, 0.2) is 0 Å². The number of thioether (sulfide) groups is 1. The summed E-state index contributed by atoms with van der Waals surface area (Å²) in [7, 11) is 1.63. The zero-order valence-electron chi connectivity index (χ0n) is 20.6. The van der Waals surface area contributed by atoms with Crippen molar-refractivity contribution in [1.82, 2.24) is 14.4 Å². The molecule has 3 rings (SSSR count). The number of thiocarbonyl (C=S) groups is 1. The van der Waals surface area contributed by atoms with Gasteiger partial charge < -0.3 is 14.5 Å². The number of nitrogens with zero attached hydrogens (tertiary/aromatic N) is 5. The highest BCUT2D eigenvalue weighted by Gasteiger charge is 2.33. The minimum Gasteiger partial charge on any atom is -0.450 e. The fraction of sp³-hybridized carbons (Fsp3) is 0.542. The van der Waals surface area contributed by atoms with Gasteiger partial charge in [-0.25, -0.2) is 4.79 Å². The minimum absolute atomic E-state index is 0.0473. The van der Waals surface area contributed by atoms with Crippen molar-refractivity contribution in [1.29, 1.82) is 5.26 Å². The van der Waals surface area contributed by atoms with Crippen molar-refractivity contribution in [3.05, 3.63) is 31.9 Å². The second-order valence-electron chi connectivity index (χ2n) is 8.43. The van der Waals surface area contributed by atoms with Crippen molar-refractivity contribution < 1.29 is 14.3 Å². The third kappa shape index (κ3) is 5.54. The van der Waals surface area contributed by atoms with Crippen LogP contribution in [-0.2, 0) is 16.6 Å². The van der Waals surface area contributed by atoms with Gasteiger partial charge in [0.25, 0.3) is 11.5 Å². The van der Waals surface area contributed by atoms with Gasteiger partial charge in [0.2, 0.25) is 0 Å². The summed E-state index contributed by atoms with van der Waals surface area (Å²) in [6.07, 6.45) is 4.34. The number of carbonyl (C=O) groups excluding carboxylic acids is 2. The Hall–Kier alpha value is -2.84. The molecule has 1 aromatic heterocycles. The van der Waals surface area contributed by atoms with Gasteiger partial charge in [-0.1, -0.05) is 43.7 Å². The van der Waals surface area contributed by atoms with E-state index in [9.17, 15) is 19.6 Å². The number of ether oxygens (including phenoxy) is 1. The molecule has 9 nitrogen and oxygen atoms in total. The molecule has 0 bridgehead atoms. The monoisotopic (exact) mass is 517 g/mol. The molecule has 0 spiro atoms. The van der Waals surface area contributed by atoms with Crippen molar-refractivity contribution in [3.63, 3.8) is 0 Å². The molecule has 0 unspecified atom stereocenters. The van der Waals surface area contributed by atoms with E-state index < -0.39 is 5.56 Å². The van der Waals surface area contributed by atoms with Gasteiger partial charge in [0, 0.05) is 45.3 Å². The van der Waals surface area contributed by atoms with Crippen LogP contribution in [0.1, 0.15) is 49.8 Å². The van der Waals surface area contributed by atoms with Crippen molar-refractivity contribution in [2.24, 2.45) is 7.05 Å². The summed E-state index contributed by atoms with van der Waals surface area (Å²) >= 11 is 6.71. The number of piperazine rings is 1. The Morgan fingerprint density at radius 1 is 1.20 bits per heavy atom. The predicted molar refractivity (Wildman–Crippen MR) is 141 cm³/mol. The lowest BCUT2D eigenvalue weighted by Gasteiger charge is -2.37. The summed E-state index contributed by atoms with van der Waals surface area (Å²) in [5.74, 6) is 0.465. The fourth-order valence-corrected chi connectivity index (χ4v) is 5.54. The van der Waals surface area contributed by atoms with Crippen molar-refractivity contribution in [2.75, 3.05) is 44.2 Å². The van der Waals surface area contributed by atoms with Crippen LogP contribution in [0.2, 0.25) is 0 Å². The molecule has 2 fully saturated rings.